The molecule has 8 nitrogen and oxygen atoms in total. The molecular formula is C35H35F4N5O3. The number of para-hydroxylation sites is 1. The zero-order valence-corrected chi connectivity index (χ0v) is 25.7. The maximum atomic E-state index is 13.9. The number of rotatable bonds is 6. The predicted molar refractivity (Wildman–Crippen MR) is 169 cm³/mol. The van der Waals surface area contributed by atoms with Gasteiger partial charge in [-0.15, -0.1) is 0 Å². The lowest BCUT2D eigenvalue weighted by Gasteiger charge is -2.34. The summed E-state index contributed by atoms with van der Waals surface area (Å²) >= 11 is 0. The van der Waals surface area contributed by atoms with Crippen LogP contribution in [-0.2, 0) is 22.6 Å². The molecule has 0 radical (unpaired) electrons. The van der Waals surface area contributed by atoms with Crippen molar-refractivity contribution in [2.24, 2.45) is 0 Å². The van der Waals surface area contributed by atoms with Crippen molar-refractivity contribution in [1.82, 2.24) is 20.1 Å². The number of aromatic nitrogens is 1. The summed E-state index contributed by atoms with van der Waals surface area (Å²) in [6, 6.07) is 17.7. The highest BCUT2D eigenvalue weighted by atomic mass is 19.4. The average molecular weight is 650 g/mol. The molecule has 1 saturated heterocycles. The van der Waals surface area contributed by atoms with E-state index >= 15 is 0 Å². The molecule has 3 aromatic carbocycles. The number of alkyl halides is 3. The third-order valence-corrected chi connectivity index (χ3v) is 9.31. The van der Waals surface area contributed by atoms with Gasteiger partial charge in [0.1, 0.15) is 11.9 Å². The average Bonchev–Trinajstić information content (AvgIpc) is 3.50. The molecule has 2 aliphatic rings. The van der Waals surface area contributed by atoms with E-state index in [1.807, 2.05) is 37.4 Å². The van der Waals surface area contributed by atoms with Crippen LogP contribution in [0.1, 0.15) is 53.9 Å². The molecule has 12 heteroatoms. The highest BCUT2D eigenvalue weighted by Crippen LogP contribution is 2.31. The zero-order valence-electron chi connectivity index (χ0n) is 25.7. The molecule has 0 saturated carbocycles. The van der Waals surface area contributed by atoms with Crippen molar-refractivity contribution in [3.8, 4) is 0 Å². The lowest BCUT2D eigenvalue weighted by molar-refractivity contribution is -0.186. The highest BCUT2D eigenvalue weighted by molar-refractivity contribution is 5.98. The van der Waals surface area contributed by atoms with E-state index in [1.165, 1.54) is 12.1 Å². The fourth-order valence-electron chi connectivity index (χ4n) is 6.65. The number of nitrogens with one attached hydrogen (secondary N) is 3. The van der Waals surface area contributed by atoms with E-state index in [0.717, 1.165) is 32.5 Å². The number of amides is 4. The number of hydrogen-bond donors (Lipinski definition) is 3. The van der Waals surface area contributed by atoms with Gasteiger partial charge in [0.25, 0.3) is 0 Å². The number of carbonyl (C=O) groups is 3. The summed E-state index contributed by atoms with van der Waals surface area (Å²) in [6.45, 7) is 2.50. The van der Waals surface area contributed by atoms with E-state index in [0.29, 0.717) is 37.2 Å². The topological polar surface area (TPSA) is 97.5 Å². The monoisotopic (exact) mass is 649 g/mol. The van der Waals surface area contributed by atoms with Crippen LogP contribution in [0.25, 0.3) is 10.9 Å². The van der Waals surface area contributed by atoms with Crippen molar-refractivity contribution in [1.29, 1.82) is 0 Å². The van der Waals surface area contributed by atoms with Gasteiger partial charge in [-0.2, -0.15) is 13.2 Å². The van der Waals surface area contributed by atoms with E-state index < -0.39 is 30.0 Å². The van der Waals surface area contributed by atoms with Gasteiger partial charge in [-0.3, -0.25) is 9.59 Å². The van der Waals surface area contributed by atoms with Gasteiger partial charge in [-0.25, -0.2) is 9.18 Å². The summed E-state index contributed by atoms with van der Waals surface area (Å²) < 4.78 is 52.7. The first-order valence-corrected chi connectivity index (χ1v) is 15.6. The zero-order chi connectivity index (χ0) is 33.3. The normalized spacial score (nSPS) is 16.8. The number of likely N-dealkylation sites (tertiary alicyclic amines) is 1. The molecular weight excluding hydrogens is 614 g/mol. The Kier molecular flexibility index (Phi) is 8.94. The van der Waals surface area contributed by atoms with E-state index in [4.69, 9.17) is 0 Å². The van der Waals surface area contributed by atoms with Gasteiger partial charge in [0.15, 0.2) is 0 Å². The van der Waals surface area contributed by atoms with Crippen LogP contribution in [0, 0.1) is 5.82 Å². The minimum atomic E-state index is -4.97. The number of benzene rings is 3. The van der Waals surface area contributed by atoms with Crippen molar-refractivity contribution >= 4 is 34.4 Å². The van der Waals surface area contributed by atoms with Gasteiger partial charge in [-0.1, -0.05) is 43.3 Å². The first-order chi connectivity index (χ1) is 22.5. The standard InChI is InChI=1S/C35H35F4N5O3/c1-21(29-19-40-30-5-3-2-4-28(29)30)31(42-34(47)43-15-12-24(13-16-43)22-6-9-26(36)10-7-22)32(45)41-27-11-8-23-14-17-44(20-25(23)18-27)33(46)35(37,38)39/h2-11,18-19,21,24,31,40H,12-17,20H2,1H3,(H,41,45)(H,42,47). The van der Waals surface area contributed by atoms with Gasteiger partial charge in [0.2, 0.25) is 5.91 Å². The number of carbonyl (C=O) groups excluding carboxylic acids is 3. The Morgan fingerprint density at radius 3 is 2.36 bits per heavy atom. The fraction of sp³-hybridized carbons (Fsp3) is 0.343. The van der Waals surface area contributed by atoms with Gasteiger partial charge >= 0.3 is 18.1 Å². The van der Waals surface area contributed by atoms with E-state index in [9.17, 15) is 31.9 Å². The fourth-order valence-corrected chi connectivity index (χ4v) is 6.65. The molecule has 1 aromatic heterocycles. The number of H-pyrrole nitrogens is 1. The number of aromatic amines is 1. The van der Waals surface area contributed by atoms with Crippen LogP contribution in [-0.4, -0.2) is 64.5 Å². The minimum absolute atomic E-state index is 0.0472. The van der Waals surface area contributed by atoms with Crippen molar-refractivity contribution in [2.45, 2.75) is 56.8 Å². The van der Waals surface area contributed by atoms with E-state index in [-0.39, 0.29) is 37.3 Å². The second-order valence-electron chi connectivity index (χ2n) is 12.3. The highest BCUT2D eigenvalue weighted by Gasteiger charge is 2.43. The van der Waals surface area contributed by atoms with Crippen LogP contribution >= 0.6 is 0 Å². The predicted octanol–water partition coefficient (Wildman–Crippen LogP) is 6.45. The number of fused-ring (bicyclic) bond motifs is 2. The number of piperidine rings is 1. The smallest absolute Gasteiger partial charge is 0.361 e. The summed E-state index contributed by atoms with van der Waals surface area (Å²) in [7, 11) is 0. The first-order valence-electron chi connectivity index (χ1n) is 15.6. The SMILES string of the molecule is CC(c1c[nH]c2ccccc12)C(NC(=O)N1CCC(c2ccc(F)cc2)CC1)C(=O)Nc1ccc2c(c1)CN(C(=O)C(F)(F)F)CC2. The van der Waals surface area contributed by atoms with Gasteiger partial charge in [0, 0.05) is 54.9 Å². The summed E-state index contributed by atoms with van der Waals surface area (Å²) in [5.74, 6) is -2.96. The molecule has 2 aliphatic heterocycles. The van der Waals surface area contributed by atoms with Crippen LogP contribution in [0.15, 0.2) is 72.9 Å². The number of urea groups is 1. The number of anilines is 1. The molecule has 6 rings (SSSR count). The van der Waals surface area contributed by atoms with Crippen molar-refractivity contribution in [3.05, 3.63) is 101 Å². The second-order valence-corrected chi connectivity index (χ2v) is 12.3. The number of halogens is 4. The summed E-state index contributed by atoms with van der Waals surface area (Å²) in [5, 5.41) is 6.73. The Bertz CT molecular complexity index is 1780. The minimum Gasteiger partial charge on any atom is -0.361 e. The molecule has 0 spiro atoms. The molecule has 0 bridgehead atoms. The Morgan fingerprint density at radius 2 is 1.64 bits per heavy atom. The van der Waals surface area contributed by atoms with Gasteiger partial charge in [-0.05, 0) is 77.8 Å². The molecule has 4 amide bonds. The molecule has 4 aromatic rings. The number of nitrogens with zero attached hydrogens (tertiary/aromatic N) is 2. The summed E-state index contributed by atoms with van der Waals surface area (Å²) in [5.41, 5.74) is 4.41. The molecule has 47 heavy (non-hydrogen) atoms. The van der Waals surface area contributed by atoms with Crippen molar-refractivity contribution in [2.75, 3.05) is 25.0 Å². The number of hydrogen-bond acceptors (Lipinski definition) is 3. The molecule has 2 unspecified atom stereocenters. The molecule has 3 N–H and O–H groups in total. The van der Waals surface area contributed by atoms with Crippen LogP contribution < -0.4 is 10.6 Å². The first kappa shape index (κ1) is 32.1. The molecule has 3 heterocycles. The largest absolute Gasteiger partial charge is 0.471 e. The van der Waals surface area contributed by atoms with Crippen LogP contribution in [0.5, 0.6) is 0 Å². The molecule has 1 fully saturated rings. The third-order valence-electron chi connectivity index (χ3n) is 9.31. The van der Waals surface area contributed by atoms with Gasteiger partial charge in [0.05, 0.1) is 0 Å². The molecule has 246 valence electrons. The van der Waals surface area contributed by atoms with Crippen molar-refractivity contribution < 1.29 is 31.9 Å². The summed E-state index contributed by atoms with van der Waals surface area (Å²) in [4.78, 5) is 45.1. The van der Waals surface area contributed by atoms with Crippen LogP contribution in [0.3, 0.4) is 0 Å². The lowest BCUT2D eigenvalue weighted by atomic mass is 9.89. The van der Waals surface area contributed by atoms with Crippen LogP contribution in [0.2, 0.25) is 0 Å². The molecule has 0 aliphatic carbocycles. The van der Waals surface area contributed by atoms with Gasteiger partial charge < -0.3 is 25.4 Å². The Morgan fingerprint density at radius 1 is 0.915 bits per heavy atom. The van der Waals surface area contributed by atoms with Crippen LogP contribution in [0.4, 0.5) is 28.0 Å². The van der Waals surface area contributed by atoms with E-state index in [2.05, 4.69) is 15.6 Å². The van der Waals surface area contributed by atoms with E-state index in [1.54, 1.807) is 35.2 Å². The summed E-state index contributed by atoms with van der Waals surface area (Å²) in [6.07, 6.45) is -1.50. The Hall–Kier alpha value is -4.87. The van der Waals surface area contributed by atoms with Crippen molar-refractivity contribution in [3.63, 3.8) is 0 Å². The lowest BCUT2D eigenvalue weighted by Crippen LogP contribution is -2.53. The Balaban J connectivity index is 1.20. The third kappa shape index (κ3) is 6.96. The quantitative estimate of drug-likeness (QED) is 0.210. The maximum absolute atomic E-state index is 13.9. The maximum Gasteiger partial charge on any atom is 0.471 e. The second kappa shape index (κ2) is 13.1. The Labute approximate surface area is 269 Å². The molecule has 2 atom stereocenters.